The summed E-state index contributed by atoms with van der Waals surface area (Å²) >= 11 is 11.8. The van der Waals surface area contributed by atoms with Gasteiger partial charge in [0, 0.05) is 24.3 Å². The molecule has 1 N–H and O–H groups in total. The maximum absolute atomic E-state index is 12.6. The van der Waals surface area contributed by atoms with E-state index in [4.69, 9.17) is 23.2 Å². The highest BCUT2D eigenvalue weighted by atomic mass is 35.5. The number of piperidine rings is 1. The molecule has 0 aliphatic carbocycles. The molecule has 6 nitrogen and oxygen atoms in total. The summed E-state index contributed by atoms with van der Waals surface area (Å²) in [4.78, 5) is 2.30. The predicted octanol–water partition coefficient (Wildman–Crippen LogP) is 5.49. The number of benzene rings is 2. The topological polar surface area (TPSA) is 75.2 Å². The van der Waals surface area contributed by atoms with E-state index in [1.54, 1.807) is 24.3 Å². The molecule has 0 saturated carbocycles. The maximum atomic E-state index is 12.6. The predicted molar refractivity (Wildman–Crippen MR) is 125 cm³/mol. The SMILES string of the molecule is CC1CCN(c2ccc(-c3ccc(NS(=O)(=O)c4ccc(Cl)c(Cl)c4)cc3)nn2)CC1. The summed E-state index contributed by atoms with van der Waals surface area (Å²) in [6, 6.07) is 15.1. The standard InChI is InChI=1S/C22H22Cl2N4O2S/c1-15-10-12-28(13-11-15)22-9-8-21(25-26-22)16-2-4-17(5-3-16)27-31(29,30)18-6-7-19(23)20(24)14-18/h2-9,14-15,27H,10-13H2,1H3. The molecule has 9 heteroatoms. The smallest absolute Gasteiger partial charge is 0.261 e. The van der Waals surface area contributed by atoms with Gasteiger partial charge in [-0.1, -0.05) is 42.3 Å². The number of sulfonamides is 1. The summed E-state index contributed by atoms with van der Waals surface area (Å²) in [6.45, 7) is 4.28. The molecule has 0 amide bonds. The summed E-state index contributed by atoms with van der Waals surface area (Å²) in [5.41, 5.74) is 2.01. The molecule has 1 aliphatic heterocycles. The van der Waals surface area contributed by atoms with Gasteiger partial charge in [-0.15, -0.1) is 10.2 Å². The molecule has 31 heavy (non-hydrogen) atoms. The Hall–Kier alpha value is -2.35. The van der Waals surface area contributed by atoms with E-state index in [1.165, 1.54) is 31.0 Å². The molecule has 3 aromatic rings. The van der Waals surface area contributed by atoms with Crippen LogP contribution < -0.4 is 9.62 Å². The average molecular weight is 477 g/mol. The lowest BCUT2D eigenvalue weighted by molar-refractivity contribution is 0.436. The quantitative estimate of drug-likeness (QED) is 0.526. The van der Waals surface area contributed by atoms with Crippen LogP contribution in [-0.2, 0) is 10.0 Å². The van der Waals surface area contributed by atoms with Crippen LogP contribution in [0, 0.1) is 5.92 Å². The zero-order valence-corrected chi connectivity index (χ0v) is 19.3. The van der Waals surface area contributed by atoms with Gasteiger partial charge in [-0.3, -0.25) is 4.72 Å². The first-order chi connectivity index (χ1) is 14.8. The van der Waals surface area contributed by atoms with Gasteiger partial charge in [0.1, 0.15) is 0 Å². The molecule has 1 fully saturated rings. The molecule has 1 aliphatic rings. The molecule has 1 saturated heterocycles. The van der Waals surface area contributed by atoms with Crippen LogP contribution in [0.1, 0.15) is 19.8 Å². The highest BCUT2D eigenvalue weighted by Crippen LogP contribution is 2.27. The number of rotatable bonds is 5. The molecular weight excluding hydrogens is 455 g/mol. The Morgan fingerprint density at radius 2 is 1.65 bits per heavy atom. The summed E-state index contributed by atoms with van der Waals surface area (Å²) < 4.78 is 27.7. The lowest BCUT2D eigenvalue weighted by Gasteiger charge is -2.30. The van der Waals surface area contributed by atoms with Gasteiger partial charge in [-0.25, -0.2) is 8.42 Å². The van der Waals surface area contributed by atoms with E-state index in [2.05, 4.69) is 26.7 Å². The zero-order chi connectivity index (χ0) is 22.0. The third-order valence-corrected chi connectivity index (χ3v) is 7.51. The minimum absolute atomic E-state index is 0.0412. The summed E-state index contributed by atoms with van der Waals surface area (Å²) in [6.07, 6.45) is 2.34. The number of nitrogens with zero attached hydrogens (tertiary/aromatic N) is 3. The fourth-order valence-electron chi connectivity index (χ4n) is 3.45. The van der Waals surface area contributed by atoms with Gasteiger partial charge in [0.2, 0.25) is 0 Å². The zero-order valence-electron chi connectivity index (χ0n) is 16.9. The van der Waals surface area contributed by atoms with Gasteiger partial charge in [0.05, 0.1) is 20.6 Å². The van der Waals surface area contributed by atoms with Crippen molar-refractivity contribution in [2.24, 2.45) is 5.92 Å². The molecular formula is C22H22Cl2N4O2S. The summed E-state index contributed by atoms with van der Waals surface area (Å²) in [5.74, 6) is 1.65. The fourth-order valence-corrected chi connectivity index (χ4v) is 4.90. The molecule has 2 heterocycles. The number of hydrogen-bond acceptors (Lipinski definition) is 5. The lowest BCUT2D eigenvalue weighted by Crippen LogP contribution is -2.33. The molecule has 0 bridgehead atoms. The number of aromatic nitrogens is 2. The highest BCUT2D eigenvalue weighted by molar-refractivity contribution is 7.92. The minimum Gasteiger partial charge on any atom is -0.355 e. The van der Waals surface area contributed by atoms with Crippen molar-refractivity contribution in [3.63, 3.8) is 0 Å². The van der Waals surface area contributed by atoms with Crippen molar-refractivity contribution < 1.29 is 8.42 Å². The monoisotopic (exact) mass is 476 g/mol. The van der Waals surface area contributed by atoms with Crippen molar-refractivity contribution in [2.45, 2.75) is 24.7 Å². The van der Waals surface area contributed by atoms with Crippen molar-refractivity contribution in [1.29, 1.82) is 0 Å². The molecule has 0 radical (unpaired) electrons. The Morgan fingerprint density at radius 3 is 2.26 bits per heavy atom. The Bertz CT molecular complexity index is 1160. The van der Waals surface area contributed by atoms with Crippen LogP contribution in [-0.4, -0.2) is 31.7 Å². The Kier molecular flexibility index (Phi) is 6.36. The maximum Gasteiger partial charge on any atom is 0.261 e. The number of halogens is 2. The van der Waals surface area contributed by atoms with Crippen molar-refractivity contribution in [2.75, 3.05) is 22.7 Å². The largest absolute Gasteiger partial charge is 0.355 e. The fraction of sp³-hybridized carbons (Fsp3) is 0.273. The van der Waals surface area contributed by atoms with Gasteiger partial charge in [-0.2, -0.15) is 0 Å². The van der Waals surface area contributed by atoms with Gasteiger partial charge < -0.3 is 4.90 Å². The van der Waals surface area contributed by atoms with Crippen LogP contribution in [0.2, 0.25) is 10.0 Å². The van der Waals surface area contributed by atoms with E-state index >= 15 is 0 Å². The van der Waals surface area contributed by atoms with Crippen LogP contribution in [0.25, 0.3) is 11.3 Å². The normalized spacial score (nSPS) is 15.1. The molecule has 1 aromatic heterocycles. The second kappa shape index (κ2) is 9.02. The molecule has 4 rings (SSSR count). The van der Waals surface area contributed by atoms with Crippen LogP contribution in [0.5, 0.6) is 0 Å². The van der Waals surface area contributed by atoms with E-state index in [-0.39, 0.29) is 9.92 Å². The molecule has 0 atom stereocenters. The van der Waals surface area contributed by atoms with Crippen LogP contribution in [0.4, 0.5) is 11.5 Å². The van der Waals surface area contributed by atoms with E-state index in [0.717, 1.165) is 36.1 Å². The first kappa shape index (κ1) is 21.9. The van der Waals surface area contributed by atoms with Crippen molar-refractivity contribution >= 4 is 44.7 Å². The van der Waals surface area contributed by atoms with Crippen LogP contribution >= 0.6 is 23.2 Å². The lowest BCUT2D eigenvalue weighted by atomic mass is 9.99. The van der Waals surface area contributed by atoms with Crippen molar-refractivity contribution in [1.82, 2.24) is 10.2 Å². The third kappa shape index (κ3) is 5.11. The second-order valence-electron chi connectivity index (χ2n) is 7.71. The average Bonchev–Trinajstić information content (AvgIpc) is 2.76. The minimum atomic E-state index is -3.78. The van der Waals surface area contributed by atoms with Gasteiger partial charge in [-0.05, 0) is 61.2 Å². The van der Waals surface area contributed by atoms with Crippen molar-refractivity contribution in [3.05, 3.63) is 64.6 Å². The Balaban J connectivity index is 1.46. The van der Waals surface area contributed by atoms with E-state index in [1.807, 2.05) is 12.1 Å². The van der Waals surface area contributed by atoms with E-state index < -0.39 is 10.0 Å². The van der Waals surface area contributed by atoms with E-state index in [9.17, 15) is 8.42 Å². The highest BCUT2D eigenvalue weighted by Gasteiger charge is 2.18. The van der Waals surface area contributed by atoms with Crippen LogP contribution in [0.3, 0.4) is 0 Å². The van der Waals surface area contributed by atoms with Gasteiger partial charge in [0.25, 0.3) is 10.0 Å². The first-order valence-corrected chi connectivity index (χ1v) is 12.2. The molecule has 162 valence electrons. The summed E-state index contributed by atoms with van der Waals surface area (Å²) in [7, 11) is -3.78. The molecule has 0 unspecified atom stereocenters. The second-order valence-corrected chi connectivity index (χ2v) is 10.2. The number of nitrogens with one attached hydrogen (secondary N) is 1. The molecule has 2 aromatic carbocycles. The first-order valence-electron chi connectivity index (χ1n) is 9.99. The van der Waals surface area contributed by atoms with Gasteiger partial charge >= 0.3 is 0 Å². The third-order valence-electron chi connectivity index (χ3n) is 5.39. The number of anilines is 2. The van der Waals surface area contributed by atoms with Crippen LogP contribution in [0.15, 0.2) is 59.5 Å². The Labute approximate surface area is 192 Å². The number of hydrogen-bond donors (Lipinski definition) is 1. The summed E-state index contributed by atoms with van der Waals surface area (Å²) in [5, 5.41) is 9.22. The molecule has 0 spiro atoms. The Morgan fingerprint density at radius 1 is 0.935 bits per heavy atom. The van der Waals surface area contributed by atoms with E-state index in [0.29, 0.717) is 10.7 Å². The van der Waals surface area contributed by atoms with Crippen molar-refractivity contribution in [3.8, 4) is 11.3 Å². The van der Waals surface area contributed by atoms with Gasteiger partial charge in [0.15, 0.2) is 5.82 Å².